The Hall–Kier alpha value is -0.810. The molecule has 0 rings (SSSR count). The summed E-state index contributed by atoms with van der Waals surface area (Å²) in [4.78, 5) is 11.6. The molecule has 5 heteroatoms. The number of nitrogens with one attached hydrogen (secondary N) is 1. The minimum atomic E-state index is -0.578. The molecule has 0 spiro atoms. The van der Waals surface area contributed by atoms with E-state index in [0.29, 0.717) is 13.2 Å². The minimum absolute atomic E-state index is 0.361. The van der Waals surface area contributed by atoms with E-state index in [1.165, 1.54) is 0 Å². The highest BCUT2D eigenvalue weighted by molar-refractivity contribution is 5.68. The van der Waals surface area contributed by atoms with Crippen molar-refractivity contribution >= 4 is 6.09 Å². The second-order valence-electron chi connectivity index (χ2n) is 5.05. The quantitative estimate of drug-likeness (QED) is 0.783. The highest BCUT2D eigenvalue weighted by Crippen LogP contribution is 2.10. The van der Waals surface area contributed by atoms with Crippen LogP contribution in [0.2, 0.25) is 0 Å². The molecule has 0 aromatic carbocycles. The lowest BCUT2D eigenvalue weighted by molar-refractivity contribution is 0.0202. The lowest BCUT2D eigenvalue weighted by atomic mass is 10.1. The first-order valence-electron chi connectivity index (χ1n) is 5.21. The van der Waals surface area contributed by atoms with Gasteiger partial charge in [-0.1, -0.05) is 0 Å². The zero-order chi connectivity index (χ0) is 12.8. The average Bonchev–Trinajstić information content (AvgIpc) is 1.99. The van der Waals surface area contributed by atoms with Gasteiger partial charge in [0.25, 0.3) is 0 Å². The summed E-state index contributed by atoms with van der Waals surface area (Å²) < 4.78 is 15.2. The summed E-state index contributed by atoms with van der Waals surface area (Å²) in [7, 11) is 3.15. The van der Waals surface area contributed by atoms with Crippen LogP contribution >= 0.6 is 0 Å². The Labute approximate surface area is 97.4 Å². The molecule has 5 nitrogen and oxygen atoms in total. The number of carbonyl (C=O) groups is 1. The fourth-order valence-electron chi connectivity index (χ4n) is 1.30. The second-order valence-corrected chi connectivity index (χ2v) is 5.05. The van der Waals surface area contributed by atoms with Crippen molar-refractivity contribution in [1.29, 1.82) is 0 Å². The van der Waals surface area contributed by atoms with E-state index in [0.717, 1.165) is 0 Å². The van der Waals surface area contributed by atoms with E-state index in [-0.39, 0.29) is 0 Å². The monoisotopic (exact) mass is 233 g/mol. The third-order valence-corrected chi connectivity index (χ3v) is 1.73. The molecule has 0 atom stereocenters. The first-order valence-corrected chi connectivity index (χ1v) is 5.21. The third kappa shape index (κ3) is 6.63. The summed E-state index contributed by atoms with van der Waals surface area (Å²) in [6.45, 7) is 8.01. The van der Waals surface area contributed by atoms with Gasteiger partial charge >= 0.3 is 6.09 Å². The van der Waals surface area contributed by atoms with E-state index in [1.807, 2.05) is 27.7 Å². The highest BCUT2D eigenvalue weighted by Gasteiger charge is 2.29. The van der Waals surface area contributed by atoms with Crippen molar-refractivity contribution in [2.75, 3.05) is 27.4 Å². The van der Waals surface area contributed by atoms with Crippen molar-refractivity contribution < 1.29 is 19.0 Å². The van der Waals surface area contributed by atoms with Crippen LogP contribution in [-0.4, -0.2) is 44.7 Å². The molecular formula is C11H23NO4. The number of hydrogen-bond donors (Lipinski definition) is 1. The van der Waals surface area contributed by atoms with Gasteiger partial charge < -0.3 is 19.5 Å². The largest absolute Gasteiger partial charge is 0.444 e. The first kappa shape index (κ1) is 15.2. The van der Waals surface area contributed by atoms with Crippen LogP contribution in [0.1, 0.15) is 27.7 Å². The maximum Gasteiger partial charge on any atom is 0.408 e. The van der Waals surface area contributed by atoms with Gasteiger partial charge in [0.2, 0.25) is 0 Å². The Morgan fingerprint density at radius 1 is 1.06 bits per heavy atom. The molecule has 1 amide bonds. The van der Waals surface area contributed by atoms with E-state index in [9.17, 15) is 4.79 Å². The molecule has 0 aliphatic rings. The Bertz CT molecular complexity index is 217. The first-order chi connectivity index (χ1) is 7.22. The van der Waals surface area contributed by atoms with Gasteiger partial charge in [-0.3, -0.25) is 0 Å². The Kier molecular flexibility index (Phi) is 5.75. The number of carbonyl (C=O) groups excluding carboxylic acids is 1. The Morgan fingerprint density at radius 2 is 1.50 bits per heavy atom. The van der Waals surface area contributed by atoms with Crippen LogP contribution < -0.4 is 5.32 Å². The molecule has 0 saturated heterocycles. The average molecular weight is 233 g/mol. The van der Waals surface area contributed by atoms with E-state index in [2.05, 4.69) is 5.32 Å². The number of hydrogen-bond acceptors (Lipinski definition) is 4. The molecule has 1 N–H and O–H groups in total. The second kappa shape index (κ2) is 6.06. The highest BCUT2D eigenvalue weighted by atomic mass is 16.6. The van der Waals surface area contributed by atoms with E-state index >= 15 is 0 Å². The molecule has 0 radical (unpaired) electrons. The fourth-order valence-corrected chi connectivity index (χ4v) is 1.30. The molecule has 96 valence electrons. The molecule has 0 aromatic heterocycles. The lowest BCUT2D eigenvalue weighted by Gasteiger charge is -2.30. The molecule has 0 fully saturated rings. The van der Waals surface area contributed by atoms with Crippen LogP contribution in [0.5, 0.6) is 0 Å². The van der Waals surface area contributed by atoms with Gasteiger partial charge in [-0.2, -0.15) is 0 Å². The van der Waals surface area contributed by atoms with Crippen LogP contribution in [-0.2, 0) is 14.2 Å². The molecule has 0 heterocycles. The van der Waals surface area contributed by atoms with Crippen molar-refractivity contribution in [3.63, 3.8) is 0 Å². The minimum Gasteiger partial charge on any atom is -0.444 e. The normalized spacial score (nSPS) is 12.4. The van der Waals surface area contributed by atoms with Crippen molar-refractivity contribution in [3.05, 3.63) is 0 Å². The zero-order valence-electron chi connectivity index (χ0n) is 11.0. The number of amides is 1. The number of alkyl carbamates (subject to hydrolysis) is 1. The van der Waals surface area contributed by atoms with E-state index in [1.54, 1.807) is 14.2 Å². The molecule has 16 heavy (non-hydrogen) atoms. The molecular weight excluding hydrogens is 210 g/mol. The van der Waals surface area contributed by atoms with E-state index in [4.69, 9.17) is 14.2 Å². The van der Waals surface area contributed by atoms with Gasteiger partial charge in [0.15, 0.2) is 0 Å². The van der Waals surface area contributed by atoms with Crippen molar-refractivity contribution in [2.45, 2.75) is 38.8 Å². The van der Waals surface area contributed by atoms with Crippen LogP contribution in [0.25, 0.3) is 0 Å². The molecule has 0 unspecified atom stereocenters. The Morgan fingerprint density at radius 3 is 1.81 bits per heavy atom. The van der Waals surface area contributed by atoms with Crippen LogP contribution in [0.3, 0.4) is 0 Å². The molecule has 0 aromatic rings. The zero-order valence-corrected chi connectivity index (χ0v) is 11.0. The van der Waals surface area contributed by atoms with Crippen LogP contribution in [0.15, 0.2) is 0 Å². The summed E-state index contributed by atoms with van der Waals surface area (Å²) in [6, 6.07) is 0. The smallest absolute Gasteiger partial charge is 0.408 e. The third-order valence-electron chi connectivity index (χ3n) is 1.73. The lowest BCUT2D eigenvalue weighted by Crippen LogP contribution is -2.53. The summed E-state index contributed by atoms with van der Waals surface area (Å²) in [5.74, 6) is 0. The van der Waals surface area contributed by atoms with Gasteiger partial charge in [0.05, 0.1) is 18.8 Å². The topological polar surface area (TPSA) is 56.8 Å². The van der Waals surface area contributed by atoms with E-state index < -0.39 is 17.2 Å². The standard InChI is InChI=1S/C11H23NO4/c1-10(2,3)16-9(13)12-11(4,7-14-5)8-15-6/h7-8H2,1-6H3,(H,12,13). The van der Waals surface area contributed by atoms with Crippen molar-refractivity contribution in [2.24, 2.45) is 0 Å². The summed E-state index contributed by atoms with van der Waals surface area (Å²) in [6.07, 6.45) is -0.468. The van der Waals surface area contributed by atoms with Crippen molar-refractivity contribution in [3.8, 4) is 0 Å². The van der Waals surface area contributed by atoms with Crippen LogP contribution in [0, 0.1) is 0 Å². The maximum atomic E-state index is 11.6. The van der Waals surface area contributed by atoms with Crippen molar-refractivity contribution in [1.82, 2.24) is 5.32 Å². The summed E-state index contributed by atoms with van der Waals surface area (Å²) in [5.41, 5.74) is -1.09. The molecule has 0 saturated carbocycles. The molecule has 0 aliphatic carbocycles. The summed E-state index contributed by atoms with van der Waals surface area (Å²) in [5, 5.41) is 2.74. The predicted molar refractivity (Wildman–Crippen MR) is 61.5 cm³/mol. The fraction of sp³-hybridized carbons (Fsp3) is 0.909. The Balaban J connectivity index is 4.34. The number of methoxy groups -OCH3 is 2. The molecule has 0 bridgehead atoms. The van der Waals surface area contributed by atoms with Gasteiger partial charge in [-0.15, -0.1) is 0 Å². The number of rotatable bonds is 5. The van der Waals surface area contributed by atoms with Gasteiger partial charge in [0.1, 0.15) is 5.60 Å². The predicted octanol–water partition coefficient (Wildman–Crippen LogP) is 1.56. The number of ether oxygens (including phenoxy) is 3. The van der Waals surface area contributed by atoms with Crippen LogP contribution in [0.4, 0.5) is 4.79 Å². The van der Waals surface area contributed by atoms with Gasteiger partial charge in [-0.25, -0.2) is 4.79 Å². The van der Waals surface area contributed by atoms with Gasteiger partial charge in [-0.05, 0) is 27.7 Å². The SMILES string of the molecule is COCC(C)(COC)NC(=O)OC(C)(C)C. The summed E-state index contributed by atoms with van der Waals surface area (Å²) >= 11 is 0. The molecule has 0 aliphatic heterocycles. The van der Waals surface area contributed by atoms with Gasteiger partial charge in [0, 0.05) is 14.2 Å². The maximum absolute atomic E-state index is 11.6.